The van der Waals surface area contributed by atoms with E-state index in [1.807, 2.05) is 0 Å². The minimum atomic E-state index is 0. The Bertz CT molecular complexity index is 111. The zero-order valence-corrected chi connectivity index (χ0v) is 14.0. The van der Waals surface area contributed by atoms with E-state index in [0.717, 1.165) is 11.3 Å². The first kappa shape index (κ1) is 24.6. The Morgan fingerprint density at radius 3 is 1.07 bits per heavy atom. The van der Waals surface area contributed by atoms with Crippen molar-refractivity contribution in [2.45, 2.75) is 64.9 Å². The summed E-state index contributed by atoms with van der Waals surface area (Å²) in [6, 6.07) is 0. The Balaban J connectivity index is -0.000000167. The number of rotatable bonds is 2. The molecule has 0 rings (SSSR count). The van der Waals surface area contributed by atoms with Crippen molar-refractivity contribution < 1.29 is 32.8 Å². The van der Waals surface area contributed by atoms with Crippen LogP contribution in [0.2, 0.25) is 0 Å². The SMILES string of the molecule is CC(C)P(C(C)C)C(C)(C)C.[CH3-].[Cl-].[Pd+2]. The average molecular weight is 331 g/mol. The van der Waals surface area contributed by atoms with E-state index in [1.165, 1.54) is 0 Å². The van der Waals surface area contributed by atoms with E-state index in [-0.39, 0.29) is 48.2 Å². The maximum absolute atomic E-state index is 2.37. The van der Waals surface area contributed by atoms with E-state index in [2.05, 4.69) is 48.5 Å². The van der Waals surface area contributed by atoms with Crippen molar-refractivity contribution in [3.8, 4) is 0 Å². The molecule has 0 saturated carbocycles. The summed E-state index contributed by atoms with van der Waals surface area (Å²) in [6.07, 6.45) is 0. The molecule has 0 N–H and O–H groups in total. The summed E-state index contributed by atoms with van der Waals surface area (Å²) in [6.45, 7) is 16.6. The van der Waals surface area contributed by atoms with E-state index in [4.69, 9.17) is 0 Å². The van der Waals surface area contributed by atoms with Crippen LogP contribution in [-0.4, -0.2) is 16.5 Å². The summed E-state index contributed by atoms with van der Waals surface area (Å²) in [5.74, 6) is 0. The molecule has 0 aliphatic carbocycles. The van der Waals surface area contributed by atoms with Crippen molar-refractivity contribution in [2.24, 2.45) is 0 Å². The van der Waals surface area contributed by atoms with Gasteiger partial charge in [-0.25, -0.2) is 0 Å². The number of hydrogen-bond acceptors (Lipinski definition) is 0. The maximum Gasteiger partial charge on any atom is 2.00 e. The number of hydrogen-bond donors (Lipinski definition) is 0. The van der Waals surface area contributed by atoms with Gasteiger partial charge in [-0.3, -0.25) is 0 Å². The van der Waals surface area contributed by atoms with E-state index in [9.17, 15) is 0 Å². The molecular weight excluding hydrogens is 305 g/mol. The van der Waals surface area contributed by atoms with Gasteiger partial charge in [-0.15, -0.1) is 0 Å². The predicted octanol–water partition coefficient (Wildman–Crippen LogP) is 1.54. The van der Waals surface area contributed by atoms with Crippen LogP contribution in [0.3, 0.4) is 0 Å². The van der Waals surface area contributed by atoms with Crippen molar-refractivity contribution in [3.05, 3.63) is 7.43 Å². The molecule has 0 saturated heterocycles. The van der Waals surface area contributed by atoms with Crippen molar-refractivity contribution >= 4 is 7.92 Å². The van der Waals surface area contributed by atoms with Gasteiger partial charge in [-0.1, -0.05) is 56.4 Å². The normalized spacial score (nSPS) is 10.7. The molecule has 0 aromatic carbocycles. The van der Waals surface area contributed by atoms with Gasteiger partial charge in [0.15, 0.2) is 0 Å². The fraction of sp³-hybridized carbons (Fsp3) is 0.909. The molecule has 0 radical (unpaired) electrons. The van der Waals surface area contributed by atoms with Crippen molar-refractivity contribution in [2.75, 3.05) is 0 Å². The molecule has 92 valence electrons. The first-order valence-electron chi connectivity index (χ1n) is 4.55. The third-order valence-corrected chi connectivity index (χ3v) is 5.66. The van der Waals surface area contributed by atoms with E-state index in [1.54, 1.807) is 0 Å². The largest absolute Gasteiger partial charge is 2.00 e. The Morgan fingerprint density at radius 1 is 0.857 bits per heavy atom. The van der Waals surface area contributed by atoms with Gasteiger partial charge < -0.3 is 19.8 Å². The topological polar surface area (TPSA) is 0 Å². The van der Waals surface area contributed by atoms with Gasteiger partial charge >= 0.3 is 20.4 Å². The molecule has 0 bridgehead atoms. The Hall–Kier alpha value is 1.38. The molecule has 14 heavy (non-hydrogen) atoms. The average Bonchev–Trinajstić information content (AvgIpc) is 1.54. The molecule has 0 fully saturated rings. The van der Waals surface area contributed by atoms with Gasteiger partial charge in [0.1, 0.15) is 0 Å². The van der Waals surface area contributed by atoms with Crippen molar-refractivity contribution in [3.63, 3.8) is 0 Å². The zero-order chi connectivity index (χ0) is 9.23. The van der Waals surface area contributed by atoms with E-state index < -0.39 is 0 Å². The van der Waals surface area contributed by atoms with Crippen LogP contribution in [0.4, 0.5) is 0 Å². The fourth-order valence-corrected chi connectivity index (χ4v) is 6.44. The molecule has 0 aliphatic rings. The van der Waals surface area contributed by atoms with Gasteiger partial charge in [-0.2, -0.15) is 0 Å². The minimum Gasteiger partial charge on any atom is -1.00 e. The first-order chi connectivity index (χ1) is 4.76. The second kappa shape index (κ2) is 9.60. The van der Waals surface area contributed by atoms with Gasteiger partial charge in [0.2, 0.25) is 0 Å². The summed E-state index contributed by atoms with van der Waals surface area (Å²) in [5.41, 5.74) is 1.73. The van der Waals surface area contributed by atoms with Crippen molar-refractivity contribution in [1.82, 2.24) is 0 Å². The fourth-order valence-electron chi connectivity index (χ4n) is 2.15. The molecule has 0 aliphatic heterocycles. The van der Waals surface area contributed by atoms with Crippen LogP contribution in [0.5, 0.6) is 0 Å². The van der Waals surface area contributed by atoms with Crippen LogP contribution in [0, 0.1) is 7.43 Å². The molecule has 0 atom stereocenters. The predicted molar refractivity (Wildman–Crippen MR) is 63.4 cm³/mol. The summed E-state index contributed by atoms with van der Waals surface area (Å²) in [4.78, 5) is 0. The van der Waals surface area contributed by atoms with Crippen LogP contribution in [0.25, 0.3) is 0 Å². The second-order valence-corrected chi connectivity index (χ2v) is 8.99. The van der Waals surface area contributed by atoms with Crippen LogP contribution >= 0.6 is 7.92 Å². The number of halogens is 1. The molecular formula is C11H26ClPPd. The van der Waals surface area contributed by atoms with E-state index >= 15 is 0 Å². The van der Waals surface area contributed by atoms with Gasteiger partial charge in [0.25, 0.3) is 0 Å². The molecule has 0 spiro atoms. The van der Waals surface area contributed by atoms with Crippen LogP contribution in [0.1, 0.15) is 48.5 Å². The maximum atomic E-state index is 2.37. The van der Waals surface area contributed by atoms with Crippen LogP contribution in [-0.2, 0) is 20.4 Å². The van der Waals surface area contributed by atoms with Crippen LogP contribution in [0.15, 0.2) is 0 Å². The van der Waals surface area contributed by atoms with Gasteiger partial charge in [0.05, 0.1) is 0 Å². The Morgan fingerprint density at radius 2 is 1.07 bits per heavy atom. The molecule has 0 aromatic heterocycles. The standard InChI is InChI=1S/C10H23P.CH3.ClH.Pd/c1-8(2)11(9(3)4)10(5,6)7;;;/h8-9H,1-7H3;1H3;1H;/q;-1;;+2/p-1. The minimum absolute atomic E-state index is 0. The summed E-state index contributed by atoms with van der Waals surface area (Å²) in [7, 11) is 0.180. The van der Waals surface area contributed by atoms with Crippen LogP contribution < -0.4 is 12.4 Å². The first-order valence-corrected chi connectivity index (χ1v) is 6.03. The molecule has 0 aromatic rings. The molecule has 0 heterocycles. The second-order valence-electron chi connectivity index (χ2n) is 4.77. The monoisotopic (exact) mass is 330 g/mol. The quantitative estimate of drug-likeness (QED) is 0.409. The Labute approximate surface area is 113 Å². The Kier molecular flexibility index (Phi) is 16.8. The van der Waals surface area contributed by atoms with Crippen molar-refractivity contribution in [1.29, 1.82) is 0 Å². The summed E-state index contributed by atoms with van der Waals surface area (Å²) in [5, 5.41) is 0.525. The third-order valence-electron chi connectivity index (χ3n) is 1.89. The molecule has 0 amide bonds. The molecule has 3 heteroatoms. The zero-order valence-electron chi connectivity index (χ0n) is 10.8. The molecule has 0 unspecified atom stereocenters. The van der Waals surface area contributed by atoms with Gasteiger partial charge in [-0.05, 0) is 16.5 Å². The summed E-state index contributed by atoms with van der Waals surface area (Å²) >= 11 is 0. The van der Waals surface area contributed by atoms with Gasteiger partial charge in [0, 0.05) is 0 Å². The molecule has 0 nitrogen and oxygen atoms in total. The smallest absolute Gasteiger partial charge is 1.00 e. The van der Waals surface area contributed by atoms with E-state index in [0.29, 0.717) is 5.16 Å². The summed E-state index contributed by atoms with van der Waals surface area (Å²) < 4.78 is 0. The third kappa shape index (κ3) is 8.67.